The zero-order chi connectivity index (χ0) is 20.9. The van der Waals surface area contributed by atoms with Crippen molar-refractivity contribution in [2.45, 2.75) is 79.7 Å². The molecular formula is C24H41N3. The summed E-state index contributed by atoms with van der Waals surface area (Å²) in [5.41, 5.74) is 16.0. The van der Waals surface area contributed by atoms with Crippen LogP contribution in [0.2, 0.25) is 0 Å². The van der Waals surface area contributed by atoms with Crippen molar-refractivity contribution < 1.29 is 0 Å². The molecule has 2 rings (SSSR count). The van der Waals surface area contributed by atoms with E-state index in [-0.39, 0.29) is 11.5 Å². The van der Waals surface area contributed by atoms with Gasteiger partial charge in [0.15, 0.2) is 0 Å². The Morgan fingerprint density at radius 3 is 2.26 bits per heavy atom. The van der Waals surface area contributed by atoms with Gasteiger partial charge in [-0.25, -0.2) is 0 Å². The maximum atomic E-state index is 7.13. The Morgan fingerprint density at radius 2 is 1.78 bits per heavy atom. The van der Waals surface area contributed by atoms with Crippen molar-refractivity contribution in [1.82, 2.24) is 0 Å². The first-order chi connectivity index (χ1) is 12.7. The largest absolute Gasteiger partial charge is 0.402 e. The van der Waals surface area contributed by atoms with Crippen molar-refractivity contribution in [3.8, 4) is 0 Å². The van der Waals surface area contributed by atoms with Crippen LogP contribution in [0, 0.1) is 10.8 Å². The van der Waals surface area contributed by atoms with Crippen molar-refractivity contribution in [3.63, 3.8) is 0 Å². The minimum Gasteiger partial charge on any atom is -0.402 e. The Bertz CT molecular complexity index is 596. The molecule has 152 valence electrons. The predicted octanol–water partition coefficient (Wildman–Crippen LogP) is 6.20. The van der Waals surface area contributed by atoms with Crippen molar-refractivity contribution >= 4 is 5.71 Å². The summed E-state index contributed by atoms with van der Waals surface area (Å²) in [6, 6.07) is -0.181. The second-order valence-electron chi connectivity index (χ2n) is 7.78. The maximum Gasteiger partial charge on any atom is 0.0652 e. The van der Waals surface area contributed by atoms with E-state index in [0.717, 1.165) is 12.1 Å². The van der Waals surface area contributed by atoms with E-state index >= 15 is 0 Å². The molecule has 1 unspecified atom stereocenters. The van der Waals surface area contributed by atoms with E-state index in [1.807, 2.05) is 26.0 Å². The van der Waals surface area contributed by atoms with Gasteiger partial charge in [-0.05, 0) is 36.0 Å². The molecule has 0 amide bonds. The molecule has 2 aliphatic carbocycles. The van der Waals surface area contributed by atoms with E-state index < -0.39 is 0 Å². The molecule has 5 N–H and O–H groups in total. The predicted molar refractivity (Wildman–Crippen MR) is 122 cm³/mol. The van der Waals surface area contributed by atoms with Gasteiger partial charge in [0.05, 0.1) is 11.8 Å². The van der Waals surface area contributed by atoms with Crippen LogP contribution >= 0.6 is 0 Å². The zero-order valence-electron chi connectivity index (χ0n) is 18.3. The van der Waals surface area contributed by atoms with Crippen molar-refractivity contribution in [1.29, 1.82) is 5.41 Å². The van der Waals surface area contributed by atoms with E-state index in [9.17, 15) is 0 Å². The number of allylic oxidation sites excluding steroid dienone is 7. The van der Waals surface area contributed by atoms with Crippen molar-refractivity contribution in [3.05, 3.63) is 59.4 Å². The third kappa shape index (κ3) is 10.8. The molecule has 0 spiro atoms. The van der Waals surface area contributed by atoms with E-state index in [1.54, 1.807) is 12.2 Å². The van der Waals surface area contributed by atoms with Gasteiger partial charge >= 0.3 is 0 Å². The molecule has 0 fully saturated rings. The van der Waals surface area contributed by atoms with Crippen LogP contribution in [0.1, 0.15) is 73.6 Å². The number of nitrogens with two attached hydrogens (primary N) is 2. The Kier molecular flexibility index (Phi) is 12.4. The molecule has 0 aromatic carbocycles. The Balaban J connectivity index is 0.000000562. The summed E-state index contributed by atoms with van der Waals surface area (Å²) in [4.78, 5) is 0. The molecule has 3 nitrogen and oxygen atoms in total. The van der Waals surface area contributed by atoms with Gasteiger partial charge in [-0.15, -0.1) is 0 Å². The second-order valence-corrected chi connectivity index (χ2v) is 7.78. The Morgan fingerprint density at radius 1 is 1.11 bits per heavy atom. The fourth-order valence-corrected chi connectivity index (χ4v) is 2.63. The molecule has 3 heteroatoms. The first-order valence-corrected chi connectivity index (χ1v) is 10.3. The van der Waals surface area contributed by atoms with Crippen LogP contribution in [-0.4, -0.2) is 11.8 Å². The fraction of sp³-hybridized carbons (Fsp3) is 0.542. The lowest BCUT2D eigenvalue weighted by atomic mass is 9.86. The van der Waals surface area contributed by atoms with Crippen LogP contribution in [0.4, 0.5) is 0 Å². The molecular weight excluding hydrogens is 330 g/mol. The number of hydrogen-bond acceptors (Lipinski definition) is 3. The van der Waals surface area contributed by atoms with E-state index in [2.05, 4.69) is 45.9 Å². The molecule has 0 heterocycles. The molecule has 0 aliphatic heterocycles. The molecule has 0 bridgehead atoms. The summed E-state index contributed by atoms with van der Waals surface area (Å²) in [7, 11) is 0. The lowest BCUT2D eigenvalue weighted by Gasteiger charge is -2.19. The van der Waals surface area contributed by atoms with Crippen LogP contribution in [0.15, 0.2) is 59.4 Å². The molecule has 0 aromatic heterocycles. The monoisotopic (exact) mass is 371 g/mol. The average Bonchev–Trinajstić information content (AvgIpc) is 2.81. The first kappa shape index (κ1) is 25.1. The van der Waals surface area contributed by atoms with Crippen molar-refractivity contribution in [2.75, 3.05) is 0 Å². The molecule has 1 atom stereocenters. The van der Waals surface area contributed by atoms with E-state index in [0.29, 0.717) is 5.71 Å². The van der Waals surface area contributed by atoms with E-state index in [4.69, 9.17) is 16.9 Å². The maximum absolute atomic E-state index is 7.13. The van der Waals surface area contributed by atoms with Crippen LogP contribution in [-0.2, 0) is 0 Å². The number of hydrogen-bond donors (Lipinski definition) is 3. The standard InChI is InChI=1S/C16H27N.C6H8N2.C2H6/c1-5-6-7-8-13-9-10-14(16(2,3)4)12-15(17)11-13;7-5-3-1-2-4-6(5)8;1-2/h9-10,12H,5-8,11,17H2,1-4H3;1-5,8H,7H2;1-2H3. The normalized spacial score (nSPS) is 18.9. The number of rotatable bonds is 4. The summed E-state index contributed by atoms with van der Waals surface area (Å²) in [5, 5.41) is 7.13. The topological polar surface area (TPSA) is 75.9 Å². The molecule has 27 heavy (non-hydrogen) atoms. The molecule has 0 aromatic rings. The van der Waals surface area contributed by atoms with E-state index in [1.165, 1.54) is 36.8 Å². The lowest BCUT2D eigenvalue weighted by molar-refractivity contribution is 0.516. The van der Waals surface area contributed by atoms with Gasteiger partial charge in [0.25, 0.3) is 0 Å². The van der Waals surface area contributed by atoms with Gasteiger partial charge in [-0.2, -0.15) is 0 Å². The van der Waals surface area contributed by atoms with Crippen LogP contribution < -0.4 is 11.5 Å². The van der Waals surface area contributed by atoms with Gasteiger partial charge < -0.3 is 16.9 Å². The molecule has 2 aliphatic rings. The van der Waals surface area contributed by atoms with Gasteiger partial charge in [0.2, 0.25) is 0 Å². The quantitative estimate of drug-likeness (QED) is 0.515. The summed E-state index contributed by atoms with van der Waals surface area (Å²) < 4.78 is 0. The SMILES string of the molecule is CC.CCCCCC1=CC=C(C(C)(C)C)C=C(N)C1.N=C1C=CC=CC1N. The van der Waals surface area contributed by atoms with Gasteiger partial charge in [0.1, 0.15) is 0 Å². The third-order valence-electron chi connectivity index (χ3n) is 4.30. The minimum absolute atomic E-state index is 0.181. The summed E-state index contributed by atoms with van der Waals surface area (Å²) in [5.74, 6) is 0. The average molecular weight is 372 g/mol. The molecule has 0 saturated heterocycles. The van der Waals surface area contributed by atoms with Gasteiger partial charge in [0, 0.05) is 12.1 Å². The summed E-state index contributed by atoms with van der Waals surface area (Å²) in [6.07, 6.45) is 19.9. The van der Waals surface area contributed by atoms with Crippen LogP contribution in [0.3, 0.4) is 0 Å². The Hall–Kier alpha value is -1.87. The molecule has 0 radical (unpaired) electrons. The van der Waals surface area contributed by atoms with Gasteiger partial charge in [-0.1, -0.05) is 90.3 Å². The molecule has 0 saturated carbocycles. The highest BCUT2D eigenvalue weighted by molar-refractivity contribution is 5.99. The van der Waals surface area contributed by atoms with Crippen molar-refractivity contribution in [2.24, 2.45) is 16.9 Å². The van der Waals surface area contributed by atoms with Crippen LogP contribution in [0.5, 0.6) is 0 Å². The fourth-order valence-electron chi connectivity index (χ4n) is 2.63. The summed E-state index contributed by atoms with van der Waals surface area (Å²) >= 11 is 0. The van der Waals surface area contributed by atoms with Gasteiger partial charge in [-0.3, -0.25) is 0 Å². The second kappa shape index (κ2) is 13.3. The first-order valence-electron chi connectivity index (χ1n) is 10.3. The Labute approximate surface area is 167 Å². The number of unbranched alkanes of at least 4 members (excludes halogenated alkanes) is 2. The number of nitrogens with one attached hydrogen (secondary N) is 1. The minimum atomic E-state index is -0.181. The third-order valence-corrected chi connectivity index (χ3v) is 4.30. The lowest BCUT2D eigenvalue weighted by Crippen LogP contribution is -2.26. The highest BCUT2D eigenvalue weighted by atomic mass is 14.7. The summed E-state index contributed by atoms with van der Waals surface area (Å²) in [6.45, 7) is 12.9. The smallest absolute Gasteiger partial charge is 0.0652 e. The highest BCUT2D eigenvalue weighted by Gasteiger charge is 2.16. The zero-order valence-corrected chi connectivity index (χ0v) is 18.3. The highest BCUT2D eigenvalue weighted by Crippen LogP contribution is 2.30. The van der Waals surface area contributed by atoms with Crippen LogP contribution in [0.25, 0.3) is 0 Å².